The number of non-ortho nitro benzene ring substituents is 1. The van der Waals surface area contributed by atoms with Crippen molar-refractivity contribution >= 4 is 21.6 Å². The Morgan fingerprint density at radius 1 is 1.26 bits per heavy atom. The number of halogens is 1. The zero-order chi connectivity index (χ0) is 13.8. The molecule has 2 aromatic rings. The van der Waals surface area contributed by atoms with E-state index in [1.54, 1.807) is 18.2 Å². The maximum absolute atomic E-state index is 10.6. The minimum atomic E-state index is -0.552. The summed E-state index contributed by atoms with van der Waals surface area (Å²) in [4.78, 5) is 10.1. The number of nitrogens with zero attached hydrogens (tertiary/aromatic N) is 2. The van der Waals surface area contributed by atoms with Gasteiger partial charge in [-0.25, -0.2) is 0 Å². The molecule has 94 valence electrons. The number of nitro benzene ring substituents is 1. The van der Waals surface area contributed by atoms with Crippen molar-refractivity contribution in [3.8, 4) is 17.6 Å². The lowest BCUT2D eigenvalue weighted by molar-refractivity contribution is -0.384. The highest BCUT2D eigenvalue weighted by Gasteiger charge is 2.12. The van der Waals surface area contributed by atoms with Gasteiger partial charge in [0, 0.05) is 16.6 Å². The largest absolute Gasteiger partial charge is 0.456 e. The molecule has 0 bridgehead atoms. The second kappa shape index (κ2) is 5.50. The van der Waals surface area contributed by atoms with Crippen molar-refractivity contribution in [3.63, 3.8) is 0 Å². The van der Waals surface area contributed by atoms with E-state index in [0.717, 1.165) is 4.47 Å². The normalized spacial score (nSPS) is 9.68. The molecule has 2 rings (SSSR count). The van der Waals surface area contributed by atoms with Gasteiger partial charge in [0.15, 0.2) is 0 Å². The molecule has 6 heteroatoms. The molecule has 0 atom stereocenters. The van der Waals surface area contributed by atoms with Gasteiger partial charge in [-0.05, 0) is 24.3 Å². The van der Waals surface area contributed by atoms with Crippen LogP contribution in [-0.4, -0.2) is 4.92 Å². The predicted octanol–water partition coefficient (Wildman–Crippen LogP) is 4.02. The van der Waals surface area contributed by atoms with Gasteiger partial charge in [0.05, 0.1) is 4.92 Å². The molecule has 0 amide bonds. The molecule has 0 radical (unpaired) electrons. The van der Waals surface area contributed by atoms with Gasteiger partial charge in [-0.1, -0.05) is 22.0 Å². The van der Waals surface area contributed by atoms with Crippen molar-refractivity contribution in [3.05, 3.63) is 62.6 Å². The van der Waals surface area contributed by atoms with E-state index in [2.05, 4.69) is 15.9 Å². The number of nitriles is 1. The molecule has 0 saturated heterocycles. The van der Waals surface area contributed by atoms with Crippen LogP contribution in [0.3, 0.4) is 0 Å². The average Bonchev–Trinajstić information content (AvgIpc) is 2.39. The lowest BCUT2D eigenvalue weighted by Gasteiger charge is -2.07. The first-order valence-electron chi connectivity index (χ1n) is 5.22. The molecule has 0 aromatic heterocycles. The second-order valence-corrected chi connectivity index (χ2v) is 4.52. The van der Waals surface area contributed by atoms with E-state index in [4.69, 9.17) is 10.00 Å². The molecule has 0 fully saturated rings. The Morgan fingerprint density at radius 3 is 2.68 bits per heavy atom. The van der Waals surface area contributed by atoms with Crippen molar-refractivity contribution in [2.24, 2.45) is 0 Å². The third kappa shape index (κ3) is 3.09. The zero-order valence-electron chi connectivity index (χ0n) is 9.54. The fourth-order valence-electron chi connectivity index (χ4n) is 1.47. The van der Waals surface area contributed by atoms with Gasteiger partial charge in [0.2, 0.25) is 0 Å². The Labute approximate surface area is 117 Å². The molecule has 0 aliphatic rings. The first-order chi connectivity index (χ1) is 9.10. The van der Waals surface area contributed by atoms with Crippen molar-refractivity contribution in [1.82, 2.24) is 0 Å². The Bertz CT molecular complexity index is 680. The fraction of sp³-hybridized carbons (Fsp3) is 0. The van der Waals surface area contributed by atoms with Gasteiger partial charge in [-0.2, -0.15) is 5.26 Å². The summed E-state index contributed by atoms with van der Waals surface area (Å²) in [6.45, 7) is 0. The van der Waals surface area contributed by atoms with Gasteiger partial charge in [-0.15, -0.1) is 0 Å². The highest BCUT2D eigenvalue weighted by atomic mass is 79.9. The van der Waals surface area contributed by atoms with Crippen LogP contribution in [0.25, 0.3) is 0 Å². The molecule has 0 unspecified atom stereocenters. The van der Waals surface area contributed by atoms with E-state index in [0.29, 0.717) is 5.75 Å². The first kappa shape index (κ1) is 13.1. The number of nitro groups is 1. The lowest BCUT2D eigenvalue weighted by Crippen LogP contribution is -1.92. The summed E-state index contributed by atoms with van der Waals surface area (Å²) >= 11 is 3.31. The van der Waals surface area contributed by atoms with Gasteiger partial charge in [0.1, 0.15) is 23.1 Å². The molecule has 0 spiro atoms. The standard InChI is InChI=1S/C13H7BrN2O3/c14-10-2-1-3-12(7-10)19-13-5-4-11(16(17)18)6-9(13)8-15/h1-7H. The van der Waals surface area contributed by atoms with Gasteiger partial charge >= 0.3 is 0 Å². The first-order valence-corrected chi connectivity index (χ1v) is 6.01. The molecule has 5 nitrogen and oxygen atoms in total. The summed E-state index contributed by atoms with van der Waals surface area (Å²) < 4.78 is 6.38. The minimum Gasteiger partial charge on any atom is -0.456 e. The van der Waals surface area contributed by atoms with Crippen LogP contribution in [0, 0.1) is 21.4 Å². The highest BCUT2D eigenvalue weighted by Crippen LogP contribution is 2.29. The molecular weight excluding hydrogens is 312 g/mol. The zero-order valence-corrected chi connectivity index (χ0v) is 11.1. The number of hydrogen-bond donors (Lipinski definition) is 0. The van der Waals surface area contributed by atoms with Crippen LogP contribution in [-0.2, 0) is 0 Å². The number of ether oxygens (including phenoxy) is 1. The monoisotopic (exact) mass is 318 g/mol. The minimum absolute atomic E-state index is 0.120. The maximum Gasteiger partial charge on any atom is 0.271 e. The molecule has 0 aliphatic carbocycles. The van der Waals surface area contributed by atoms with Crippen molar-refractivity contribution in [2.75, 3.05) is 0 Å². The van der Waals surface area contributed by atoms with E-state index in [-0.39, 0.29) is 17.0 Å². The molecular formula is C13H7BrN2O3. The van der Waals surface area contributed by atoms with E-state index in [9.17, 15) is 10.1 Å². The third-order valence-corrected chi connectivity index (χ3v) is 2.81. The summed E-state index contributed by atoms with van der Waals surface area (Å²) in [6, 6.07) is 12.9. The van der Waals surface area contributed by atoms with E-state index >= 15 is 0 Å². The maximum atomic E-state index is 10.6. The topological polar surface area (TPSA) is 76.2 Å². The van der Waals surface area contributed by atoms with Crippen LogP contribution < -0.4 is 4.74 Å². The van der Waals surface area contributed by atoms with Crippen LogP contribution in [0.5, 0.6) is 11.5 Å². The summed E-state index contributed by atoms with van der Waals surface area (Å²) in [5, 5.41) is 19.6. The quantitative estimate of drug-likeness (QED) is 0.632. The molecule has 0 N–H and O–H groups in total. The Hall–Kier alpha value is -2.39. The fourth-order valence-corrected chi connectivity index (χ4v) is 1.84. The summed E-state index contributed by atoms with van der Waals surface area (Å²) in [6.07, 6.45) is 0. The smallest absolute Gasteiger partial charge is 0.271 e. The molecule has 0 heterocycles. The molecule has 0 saturated carbocycles. The Morgan fingerprint density at radius 2 is 2.05 bits per heavy atom. The molecule has 2 aromatic carbocycles. The lowest BCUT2D eigenvalue weighted by atomic mass is 10.2. The number of benzene rings is 2. The molecule has 0 aliphatic heterocycles. The SMILES string of the molecule is N#Cc1cc([N+](=O)[O-])ccc1Oc1cccc(Br)c1. The van der Waals surface area contributed by atoms with Crippen molar-refractivity contribution in [2.45, 2.75) is 0 Å². The average molecular weight is 319 g/mol. The van der Waals surface area contributed by atoms with E-state index < -0.39 is 4.92 Å². The Balaban J connectivity index is 2.36. The second-order valence-electron chi connectivity index (χ2n) is 3.61. The van der Waals surface area contributed by atoms with Gasteiger partial charge < -0.3 is 4.74 Å². The van der Waals surface area contributed by atoms with Crippen LogP contribution in [0.15, 0.2) is 46.9 Å². The van der Waals surface area contributed by atoms with E-state index in [1.165, 1.54) is 18.2 Å². The van der Waals surface area contributed by atoms with Crippen molar-refractivity contribution in [1.29, 1.82) is 5.26 Å². The number of hydrogen-bond acceptors (Lipinski definition) is 4. The highest BCUT2D eigenvalue weighted by molar-refractivity contribution is 9.10. The molecule has 19 heavy (non-hydrogen) atoms. The third-order valence-electron chi connectivity index (χ3n) is 2.32. The summed E-state index contributed by atoms with van der Waals surface area (Å²) in [5.41, 5.74) is -0.0210. The summed E-state index contributed by atoms with van der Waals surface area (Å²) in [7, 11) is 0. The number of rotatable bonds is 3. The van der Waals surface area contributed by atoms with Gasteiger partial charge in [-0.3, -0.25) is 10.1 Å². The van der Waals surface area contributed by atoms with Crippen LogP contribution in [0.2, 0.25) is 0 Å². The summed E-state index contributed by atoms with van der Waals surface area (Å²) in [5.74, 6) is 0.825. The Kier molecular flexibility index (Phi) is 3.78. The van der Waals surface area contributed by atoms with Crippen LogP contribution in [0.1, 0.15) is 5.56 Å². The van der Waals surface area contributed by atoms with Crippen LogP contribution in [0.4, 0.5) is 5.69 Å². The van der Waals surface area contributed by atoms with Crippen LogP contribution >= 0.6 is 15.9 Å². The van der Waals surface area contributed by atoms with Crippen molar-refractivity contribution < 1.29 is 9.66 Å². The van der Waals surface area contributed by atoms with Gasteiger partial charge in [0.25, 0.3) is 5.69 Å². The predicted molar refractivity (Wildman–Crippen MR) is 72.0 cm³/mol. The van der Waals surface area contributed by atoms with E-state index in [1.807, 2.05) is 12.1 Å².